The zero-order valence-corrected chi connectivity index (χ0v) is 18.4. The molecule has 1 N–H and O–H groups in total. The van der Waals surface area contributed by atoms with Crippen LogP contribution in [-0.4, -0.2) is 20.9 Å². The maximum Gasteiger partial charge on any atom is 0.318 e. The molecule has 2 aromatic carbocycles. The van der Waals surface area contributed by atoms with Gasteiger partial charge in [-0.25, -0.2) is 0 Å². The second-order valence-electron chi connectivity index (χ2n) is 8.04. The van der Waals surface area contributed by atoms with Crippen molar-refractivity contribution in [3.8, 4) is 0 Å². The summed E-state index contributed by atoms with van der Waals surface area (Å²) < 4.78 is 0. The molecule has 8 nitrogen and oxygen atoms in total. The van der Waals surface area contributed by atoms with Crippen LogP contribution in [0.3, 0.4) is 0 Å². The molecule has 0 unspecified atom stereocenters. The standard InChI is InChI=1S/C24H30N2O6/c1-2-3-4-5-6-7-8-9-18-24(23(27)28,19-10-14-21(15-11-19)25(29)30)20-12-16-22(17-13-20)26(31)32/h10-17H,2-9,18H2,1H3,(H,27,28). The first-order valence-electron chi connectivity index (χ1n) is 11.1. The van der Waals surface area contributed by atoms with E-state index in [1.165, 1.54) is 74.2 Å². The highest BCUT2D eigenvalue weighted by atomic mass is 16.6. The Morgan fingerprint density at radius 1 is 0.750 bits per heavy atom. The van der Waals surface area contributed by atoms with Crippen LogP contribution in [0.2, 0.25) is 0 Å². The van der Waals surface area contributed by atoms with E-state index in [2.05, 4.69) is 6.92 Å². The topological polar surface area (TPSA) is 124 Å². The van der Waals surface area contributed by atoms with Gasteiger partial charge in [0.1, 0.15) is 5.41 Å². The molecule has 0 aromatic heterocycles. The monoisotopic (exact) mass is 442 g/mol. The van der Waals surface area contributed by atoms with Crippen molar-refractivity contribution in [2.24, 2.45) is 0 Å². The number of nitro groups is 2. The Kier molecular flexibility index (Phi) is 9.31. The summed E-state index contributed by atoms with van der Waals surface area (Å²) in [5, 5.41) is 32.4. The lowest BCUT2D eigenvalue weighted by molar-refractivity contribution is -0.385. The minimum atomic E-state index is -1.44. The van der Waals surface area contributed by atoms with Gasteiger partial charge >= 0.3 is 5.97 Å². The van der Waals surface area contributed by atoms with Gasteiger partial charge in [0.25, 0.3) is 11.4 Å². The molecule has 0 fully saturated rings. The number of unbranched alkanes of at least 4 members (excludes halogenated alkanes) is 7. The van der Waals surface area contributed by atoms with Gasteiger partial charge in [-0.15, -0.1) is 0 Å². The average Bonchev–Trinajstić information content (AvgIpc) is 2.78. The van der Waals surface area contributed by atoms with E-state index in [4.69, 9.17) is 0 Å². The van der Waals surface area contributed by atoms with Gasteiger partial charge in [0.05, 0.1) is 9.85 Å². The molecule has 0 saturated carbocycles. The van der Waals surface area contributed by atoms with Crippen molar-refractivity contribution in [2.45, 2.75) is 70.1 Å². The van der Waals surface area contributed by atoms with Crippen molar-refractivity contribution in [3.63, 3.8) is 0 Å². The predicted molar refractivity (Wildman–Crippen MR) is 122 cm³/mol. The molecule has 0 bridgehead atoms. The van der Waals surface area contributed by atoms with E-state index in [9.17, 15) is 30.1 Å². The van der Waals surface area contributed by atoms with Crippen LogP contribution in [-0.2, 0) is 10.2 Å². The van der Waals surface area contributed by atoms with Crippen LogP contribution in [0.1, 0.15) is 75.8 Å². The molecule has 0 aliphatic heterocycles. The molecule has 172 valence electrons. The van der Waals surface area contributed by atoms with Crippen molar-refractivity contribution in [1.29, 1.82) is 0 Å². The van der Waals surface area contributed by atoms with Crippen molar-refractivity contribution in [1.82, 2.24) is 0 Å². The van der Waals surface area contributed by atoms with Gasteiger partial charge in [0.2, 0.25) is 0 Å². The van der Waals surface area contributed by atoms with Crippen molar-refractivity contribution in [3.05, 3.63) is 79.9 Å². The lowest BCUT2D eigenvalue weighted by atomic mass is 9.71. The number of rotatable bonds is 14. The third-order valence-electron chi connectivity index (χ3n) is 5.91. The molecule has 2 aromatic rings. The number of nitro benzene ring substituents is 2. The van der Waals surface area contributed by atoms with Crippen molar-refractivity contribution in [2.75, 3.05) is 0 Å². The first-order valence-corrected chi connectivity index (χ1v) is 11.1. The maximum absolute atomic E-state index is 12.6. The highest BCUT2D eigenvalue weighted by Crippen LogP contribution is 2.39. The fraction of sp³-hybridized carbons (Fsp3) is 0.458. The second kappa shape index (κ2) is 11.9. The number of nitrogens with zero attached hydrogens (tertiary/aromatic N) is 2. The Balaban J connectivity index is 2.30. The Bertz CT molecular complexity index is 852. The number of aliphatic carboxylic acids is 1. The van der Waals surface area contributed by atoms with E-state index in [0.717, 1.165) is 19.3 Å². The minimum Gasteiger partial charge on any atom is -0.480 e. The van der Waals surface area contributed by atoms with Gasteiger partial charge in [-0.2, -0.15) is 0 Å². The van der Waals surface area contributed by atoms with Crippen LogP contribution in [0.15, 0.2) is 48.5 Å². The summed E-state index contributed by atoms with van der Waals surface area (Å²) >= 11 is 0. The first-order chi connectivity index (χ1) is 15.3. The van der Waals surface area contributed by atoms with Crippen molar-refractivity contribution < 1.29 is 19.7 Å². The van der Waals surface area contributed by atoms with Crippen LogP contribution in [0.5, 0.6) is 0 Å². The van der Waals surface area contributed by atoms with Crippen LogP contribution < -0.4 is 0 Å². The number of carbonyl (C=O) groups is 1. The summed E-state index contributed by atoms with van der Waals surface area (Å²) in [5.41, 5.74) is -0.834. The SMILES string of the molecule is CCCCCCCCCCC(C(=O)O)(c1ccc([N+](=O)[O-])cc1)c1ccc([N+](=O)[O-])cc1. The maximum atomic E-state index is 12.6. The van der Waals surface area contributed by atoms with Crippen molar-refractivity contribution >= 4 is 17.3 Å². The summed E-state index contributed by atoms with van der Waals surface area (Å²) in [4.78, 5) is 33.6. The molecule has 0 aliphatic rings. The van der Waals surface area contributed by atoms with E-state index < -0.39 is 21.2 Å². The Hall–Kier alpha value is -3.29. The molecule has 0 atom stereocenters. The molecule has 0 radical (unpaired) electrons. The van der Waals surface area contributed by atoms with Gasteiger partial charge < -0.3 is 5.11 Å². The van der Waals surface area contributed by atoms with E-state index in [1.807, 2.05) is 0 Å². The molecule has 2 rings (SSSR count). The number of hydrogen-bond donors (Lipinski definition) is 1. The average molecular weight is 443 g/mol. The fourth-order valence-electron chi connectivity index (χ4n) is 4.07. The summed E-state index contributed by atoms with van der Waals surface area (Å²) in [6.45, 7) is 2.17. The van der Waals surface area contributed by atoms with E-state index in [0.29, 0.717) is 24.0 Å². The minimum absolute atomic E-state index is 0.121. The summed E-state index contributed by atoms with van der Waals surface area (Å²) in [6, 6.07) is 11.1. The number of hydrogen-bond acceptors (Lipinski definition) is 5. The number of carboxylic acids is 1. The van der Waals surface area contributed by atoms with Gasteiger partial charge in [-0.3, -0.25) is 25.0 Å². The quantitative estimate of drug-likeness (QED) is 0.205. The van der Waals surface area contributed by atoms with Crippen LogP contribution in [0, 0.1) is 20.2 Å². The number of carboxylic acid groups (broad SMARTS) is 1. The molecule has 0 spiro atoms. The lowest BCUT2D eigenvalue weighted by Crippen LogP contribution is -2.37. The molecule has 0 heterocycles. The molecule has 8 heteroatoms. The molecule has 32 heavy (non-hydrogen) atoms. The van der Waals surface area contributed by atoms with E-state index in [-0.39, 0.29) is 11.4 Å². The molecule has 0 aliphatic carbocycles. The highest BCUT2D eigenvalue weighted by Gasteiger charge is 2.42. The molecule has 0 amide bonds. The Labute approximate surface area is 187 Å². The summed E-state index contributed by atoms with van der Waals surface area (Å²) in [7, 11) is 0. The van der Waals surface area contributed by atoms with Gasteiger partial charge in [0.15, 0.2) is 0 Å². The number of benzene rings is 2. The van der Waals surface area contributed by atoms with Crippen LogP contribution >= 0.6 is 0 Å². The molecular weight excluding hydrogens is 412 g/mol. The summed E-state index contributed by atoms with van der Waals surface area (Å²) in [6.07, 6.45) is 8.74. The van der Waals surface area contributed by atoms with Gasteiger partial charge in [0, 0.05) is 24.3 Å². The van der Waals surface area contributed by atoms with E-state index >= 15 is 0 Å². The predicted octanol–water partition coefficient (Wildman–Crippen LogP) is 6.40. The van der Waals surface area contributed by atoms with Gasteiger partial charge in [-0.1, -0.05) is 82.6 Å². The lowest BCUT2D eigenvalue weighted by Gasteiger charge is -2.31. The van der Waals surface area contributed by atoms with E-state index in [1.54, 1.807) is 0 Å². The first kappa shape index (κ1) is 25.0. The largest absolute Gasteiger partial charge is 0.480 e. The normalized spacial score (nSPS) is 11.3. The number of non-ortho nitro benzene ring substituents is 2. The molecular formula is C24H30N2O6. The Morgan fingerprint density at radius 2 is 1.12 bits per heavy atom. The third-order valence-corrected chi connectivity index (χ3v) is 5.91. The van der Waals surface area contributed by atoms with Crippen LogP contribution in [0.4, 0.5) is 11.4 Å². The van der Waals surface area contributed by atoms with Gasteiger partial charge in [-0.05, 0) is 17.5 Å². The fourth-order valence-corrected chi connectivity index (χ4v) is 4.07. The third kappa shape index (κ3) is 6.12. The smallest absolute Gasteiger partial charge is 0.318 e. The zero-order chi connectivity index (χ0) is 23.6. The molecule has 0 saturated heterocycles. The second-order valence-corrected chi connectivity index (χ2v) is 8.04. The Morgan fingerprint density at radius 3 is 1.47 bits per heavy atom. The zero-order valence-electron chi connectivity index (χ0n) is 18.4. The highest BCUT2D eigenvalue weighted by molar-refractivity contribution is 5.86. The van der Waals surface area contributed by atoms with Crippen LogP contribution in [0.25, 0.3) is 0 Å². The summed E-state index contributed by atoms with van der Waals surface area (Å²) in [5.74, 6) is -1.08.